The summed E-state index contributed by atoms with van der Waals surface area (Å²) in [5, 5.41) is 3.36. The summed E-state index contributed by atoms with van der Waals surface area (Å²) in [4.78, 5) is 0. The molecule has 0 aliphatic rings. The fraction of sp³-hybridized carbons (Fsp3) is 0.429. The summed E-state index contributed by atoms with van der Waals surface area (Å²) < 4.78 is 5.12. The Kier molecular flexibility index (Phi) is 5.45. The average Bonchev–Trinajstić information content (AvgIpc) is 2.30. The van der Waals surface area contributed by atoms with Gasteiger partial charge in [0.1, 0.15) is 5.75 Å². The minimum absolute atomic E-state index is 0.439. The summed E-state index contributed by atoms with van der Waals surface area (Å²) in [7, 11) is 1.68. The van der Waals surface area contributed by atoms with Crippen LogP contribution in [-0.2, 0) is 6.42 Å². The van der Waals surface area contributed by atoms with Gasteiger partial charge in [-0.2, -0.15) is 0 Å². The van der Waals surface area contributed by atoms with E-state index in [1.807, 2.05) is 19.1 Å². The lowest BCUT2D eigenvalue weighted by molar-refractivity contribution is 0.414. The van der Waals surface area contributed by atoms with Crippen LogP contribution in [-0.4, -0.2) is 19.7 Å². The molecule has 0 saturated heterocycles. The number of ether oxygens (including phenoxy) is 1. The molecule has 0 aromatic heterocycles. The molecule has 1 aromatic carbocycles. The molecule has 2 heteroatoms. The van der Waals surface area contributed by atoms with Crippen molar-refractivity contribution >= 4 is 0 Å². The van der Waals surface area contributed by atoms with Gasteiger partial charge in [0.25, 0.3) is 0 Å². The molecule has 1 unspecified atom stereocenters. The van der Waals surface area contributed by atoms with Crippen LogP contribution in [0.15, 0.2) is 24.3 Å². The highest BCUT2D eigenvalue weighted by atomic mass is 16.5. The summed E-state index contributed by atoms with van der Waals surface area (Å²) >= 11 is 0. The van der Waals surface area contributed by atoms with Crippen molar-refractivity contribution in [2.75, 3.05) is 13.7 Å². The summed E-state index contributed by atoms with van der Waals surface area (Å²) in [5.41, 5.74) is 1.31. The van der Waals surface area contributed by atoms with Crippen LogP contribution in [0, 0.1) is 11.8 Å². The monoisotopic (exact) mass is 217 g/mol. The topological polar surface area (TPSA) is 21.3 Å². The number of nitrogens with one attached hydrogen (secondary N) is 1. The Hall–Kier alpha value is -1.46. The molecular weight excluding hydrogens is 198 g/mol. The molecule has 1 atom stereocenters. The zero-order valence-electron chi connectivity index (χ0n) is 10.2. The maximum absolute atomic E-state index is 5.12. The highest BCUT2D eigenvalue weighted by Gasteiger charge is 2.01. The number of benzene rings is 1. The van der Waals surface area contributed by atoms with E-state index >= 15 is 0 Å². The predicted molar refractivity (Wildman–Crippen MR) is 67.6 cm³/mol. The third-order valence-electron chi connectivity index (χ3n) is 2.42. The van der Waals surface area contributed by atoms with E-state index in [4.69, 9.17) is 4.74 Å². The zero-order valence-corrected chi connectivity index (χ0v) is 10.2. The SMILES string of the molecule is CC#CCNC(C)Cc1ccc(OC)cc1. The van der Waals surface area contributed by atoms with Gasteiger partial charge in [0.2, 0.25) is 0 Å². The van der Waals surface area contributed by atoms with Crippen LogP contribution in [0.4, 0.5) is 0 Å². The Morgan fingerprint density at radius 1 is 1.31 bits per heavy atom. The predicted octanol–water partition coefficient (Wildman–Crippen LogP) is 2.24. The van der Waals surface area contributed by atoms with E-state index in [0.29, 0.717) is 6.04 Å². The first-order valence-corrected chi connectivity index (χ1v) is 5.52. The van der Waals surface area contributed by atoms with Gasteiger partial charge in [-0.15, -0.1) is 5.92 Å². The van der Waals surface area contributed by atoms with E-state index in [9.17, 15) is 0 Å². The summed E-state index contributed by atoms with van der Waals surface area (Å²) in [6.45, 7) is 4.78. The first-order chi connectivity index (χ1) is 7.76. The molecule has 86 valence electrons. The summed E-state index contributed by atoms with van der Waals surface area (Å²) in [6, 6.07) is 8.63. The molecule has 1 N–H and O–H groups in total. The van der Waals surface area contributed by atoms with Gasteiger partial charge in [-0.25, -0.2) is 0 Å². The smallest absolute Gasteiger partial charge is 0.118 e. The van der Waals surface area contributed by atoms with Crippen LogP contribution in [0.3, 0.4) is 0 Å². The summed E-state index contributed by atoms with van der Waals surface area (Å²) in [5.74, 6) is 6.78. The van der Waals surface area contributed by atoms with Crippen LogP contribution in [0.2, 0.25) is 0 Å². The molecule has 0 spiro atoms. The van der Waals surface area contributed by atoms with Gasteiger partial charge < -0.3 is 10.1 Å². The van der Waals surface area contributed by atoms with Crippen LogP contribution < -0.4 is 10.1 Å². The molecule has 0 saturated carbocycles. The molecule has 16 heavy (non-hydrogen) atoms. The molecular formula is C14H19NO. The van der Waals surface area contributed by atoms with Crippen molar-refractivity contribution in [1.82, 2.24) is 5.32 Å². The van der Waals surface area contributed by atoms with Crippen molar-refractivity contribution in [3.05, 3.63) is 29.8 Å². The Morgan fingerprint density at radius 2 is 2.00 bits per heavy atom. The van der Waals surface area contributed by atoms with E-state index in [2.05, 4.69) is 36.2 Å². The number of methoxy groups -OCH3 is 1. The number of hydrogen-bond acceptors (Lipinski definition) is 2. The minimum atomic E-state index is 0.439. The van der Waals surface area contributed by atoms with Crippen molar-refractivity contribution in [3.63, 3.8) is 0 Å². The third-order valence-corrected chi connectivity index (χ3v) is 2.42. The molecule has 0 radical (unpaired) electrons. The van der Waals surface area contributed by atoms with Gasteiger partial charge in [0, 0.05) is 6.04 Å². The van der Waals surface area contributed by atoms with Gasteiger partial charge in [-0.1, -0.05) is 18.1 Å². The molecule has 1 rings (SSSR count). The maximum atomic E-state index is 5.12. The fourth-order valence-corrected chi connectivity index (χ4v) is 1.50. The van der Waals surface area contributed by atoms with Crippen LogP contribution in [0.1, 0.15) is 19.4 Å². The van der Waals surface area contributed by atoms with Crippen molar-refractivity contribution in [3.8, 4) is 17.6 Å². The van der Waals surface area contributed by atoms with Crippen LogP contribution in [0.25, 0.3) is 0 Å². The Bertz CT molecular complexity index is 359. The zero-order chi connectivity index (χ0) is 11.8. The molecule has 2 nitrogen and oxygen atoms in total. The number of hydrogen-bond donors (Lipinski definition) is 1. The standard InChI is InChI=1S/C14H19NO/c1-4-5-10-15-12(2)11-13-6-8-14(16-3)9-7-13/h6-9,12,15H,10-11H2,1-3H3. The van der Waals surface area contributed by atoms with Crippen molar-refractivity contribution in [2.24, 2.45) is 0 Å². The second kappa shape index (κ2) is 6.92. The summed E-state index contributed by atoms with van der Waals surface area (Å²) in [6.07, 6.45) is 1.01. The maximum Gasteiger partial charge on any atom is 0.118 e. The van der Waals surface area contributed by atoms with Crippen molar-refractivity contribution < 1.29 is 4.74 Å². The first kappa shape index (κ1) is 12.6. The molecule has 0 bridgehead atoms. The largest absolute Gasteiger partial charge is 0.497 e. The molecule has 0 fully saturated rings. The van der Waals surface area contributed by atoms with Gasteiger partial charge >= 0.3 is 0 Å². The highest BCUT2D eigenvalue weighted by molar-refractivity contribution is 5.27. The average molecular weight is 217 g/mol. The second-order valence-corrected chi connectivity index (χ2v) is 3.76. The normalized spacial score (nSPS) is 11.4. The van der Waals surface area contributed by atoms with E-state index in [0.717, 1.165) is 18.7 Å². The lowest BCUT2D eigenvalue weighted by Crippen LogP contribution is -2.28. The van der Waals surface area contributed by atoms with Gasteiger partial charge in [0.05, 0.1) is 13.7 Å². The third kappa shape index (κ3) is 4.37. The Balaban J connectivity index is 2.42. The molecule has 0 aliphatic carbocycles. The molecule has 0 aliphatic heterocycles. The van der Waals surface area contributed by atoms with E-state index in [1.165, 1.54) is 5.56 Å². The quantitative estimate of drug-likeness (QED) is 0.764. The Labute approximate surface area is 98.0 Å². The molecule has 0 amide bonds. The van der Waals surface area contributed by atoms with Crippen molar-refractivity contribution in [1.29, 1.82) is 0 Å². The minimum Gasteiger partial charge on any atom is -0.497 e. The molecule has 1 aromatic rings. The lowest BCUT2D eigenvalue weighted by Gasteiger charge is -2.11. The van der Waals surface area contributed by atoms with Crippen LogP contribution >= 0.6 is 0 Å². The second-order valence-electron chi connectivity index (χ2n) is 3.76. The van der Waals surface area contributed by atoms with Crippen molar-refractivity contribution in [2.45, 2.75) is 26.3 Å². The first-order valence-electron chi connectivity index (χ1n) is 5.52. The van der Waals surface area contributed by atoms with E-state index < -0.39 is 0 Å². The molecule has 0 heterocycles. The van der Waals surface area contributed by atoms with Gasteiger partial charge in [-0.3, -0.25) is 0 Å². The van der Waals surface area contributed by atoms with Gasteiger partial charge in [0.15, 0.2) is 0 Å². The number of rotatable bonds is 5. The fourth-order valence-electron chi connectivity index (χ4n) is 1.50. The van der Waals surface area contributed by atoms with E-state index in [1.54, 1.807) is 7.11 Å². The van der Waals surface area contributed by atoms with E-state index in [-0.39, 0.29) is 0 Å². The highest BCUT2D eigenvalue weighted by Crippen LogP contribution is 2.12. The Morgan fingerprint density at radius 3 is 2.56 bits per heavy atom. The van der Waals surface area contributed by atoms with Crippen LogP contribution in [0.5, 0.6) is 5.75 Å². The van der Waals surface area contributed by atoms with Gasteiger partial charge in [-0.05, 0) is 38.0 Å². The lowest BCUT2D eigenvalue weighted by atomic mass is 10.1.